The number of phenols is 2. The fourth-order valence-electron chi connectivity index (χ4n) is 2.81. The second kappa shape index (κ2) is 7.34. The summed E-state index contributed by atoms with van der Waals surface area (Å²) in [6.07, 6.45) is 0. The molecular formula is C20H19O5P. The topological polar surface area (TPSA) is 98.0 Å². The normalized spacial score (nSPS) is 15.8. The van der Waals surface area contributed by atoms with Gasteiger partial charge in [-0.05, 0) is 35.4 Å². The molecule has 0 amide bonds. The summed E-state index contributed by atoms with van der Waals surface area (Å²) in [5.41, 5.74) is 0.653. The molecule has 0 aliphatic carbocycles. The molecule has 26 heavy (non-hydrogen) atoms. The predicted molar refractivity (Wildman–Crippen MR) is 99.8 cm³/mol. The first-order valence-electron chi connectivity index (χ1n) is 8.02. The lowest BCUT2D eigenvalue weighted by Crippen LogP contribution is -2.17. The minimum Gasteiger partial charge on any atom is -0.508 e. The van der Waals surface area contributed by atoms with Crippen LogP contribution >= 0.6 is 7.14 Å². The number of aliphatic hydroxyl groups is 2. The molecule has 0 heterocycles. The molecule has 0 aliphatic rings. The summed E-state index contributed by atoms with van der Waals surface area (Å²) in [5, 5.41) is 41.1. The predicted octanol–water partition coefficient (Wildman–Crippen LogP) is 3.47. The summed E-state index contributed by atoms with van der Waals surface area (Å²) in [6, 6.07) is 19.8. The Morgan fingerprint density at radius 1 is 0.615 bits per heavy atom. The van der Waals surface area contributed by atoms with Gasteiger partial charge in [0.1, 0.15) is 23.2 Å². The molecule has 0 fully saturated rings. The third kappa shape index (κ3) is 3.37. The number of aromatic hydroxyl groups is 2. The molecule has 0 saturated heterocycles. The maximum Gasteiger partial charge on any atom is 0.178 e. The van der Waals surface area contributed by atoms with Crippen LogP contribution in [0.2, 0.25) is 0 Å². The van der Waals surface area contributed by atoms with Crippen molar-refractivity contribution in [3.05, 3.63) is 90.0 Å². The van der Waals surface area contributed by atoms with E-state index in [9.17, 15) is 25.0 Å². The van der Waals surface area contributed by atoms with Crippen molar-refractivity contribution < 1.29 is 25.0 Å². The number of phenolic OH excluding ortho intramolecular Hbond substituents is 2. The highest BCUT2D eigenvalue weighted by molar-refractivity contribution is 7.71. The van der Waals surface area contributed by atoms with Gasteiger partial charge in [0, 0.05) is 5.30 Å². The van der Waals surface area contributed by atoms with Gasteiger partial charge in [-0.2, -0.15) is 0 Å². The molecule has 0 bridgehead atoms. The fourth-order valence-corrected chi connectivity index (χ4v) is 5.51. The van der Waals surface area contributed by atoms with E-state index >= 15 is 0 Å². The maximum absolute atomic E-state index is 14.0. The third-order valence-electron chi connectivity index (χ3n) is 4.27. The smallest absolute Gasteiger partial charge is 0.178 e. The molecular weight excluding hydrogens is 351 g/mol. The van der Waals surface area contributed by atoms with Crippen LogP contribution in [0.15, 0.2) is 78.9 Å². The summed E-state index contributed by atoms with van der Waals surface area (Å²) in [5.74, 6) is -2.88. The number of hydrogen-bond acceptors (Lipinski definition) is 5. The first-order valence-corrected chi connectivity index (χ1v) is 9.86. The quantitative estimate of drug-likeness (QED) is 0.516. The number of benzene rings is 3. The van der Waals surface area contributed by atoms with E-state index in [2.05, 4.69) is 0 Å². The zero-order valence-corrected chi connectivity index (χ0v) is 14.7. The molecule has 3 aromatic rings. The van der Waals surface area contributed by atoms with Gasteiger partial charge in [-0.1, -0.05) is 54.6 Å². The maximum atomic E-state index is 14.0. The van der Waals surface area contributed by atoms with E-state index in [0.29, 0.717) is 16.4 Å². The first-order chi connectivity index (χ1) is 12.4. The Morgan fingerprint density at radius 3 is 1.38 bits per heavy atom. The number of aliphatic hydroxyl groups excluding tert-OH is 2. The van der Waals surface area contributed by atoms with Crippen LogP contribution in [0.25, 0.3) is 0 Å². The first kappa shape index (κ1) is 18.2. The van der Waals surface area contributed by atoms with E-state index in [1.54, 1.807) is 30.3 Å². The molecule has 3 rings (SSSR count). The van der Waals surface area contributed by atoms with Crippen molar-refractivity contribution in [1.29, 1.82) is 0 Å². The summed E-state index contributed by atoms with van der Waals surface area (Å²) >= 11 is 0. The van der Waals surface area contributed by atoms with Crippen LogP contribution in [-0.4, -0.2) is 20.4 Å². The lowest BCUT2D eigenvalue weighted by Gasteiger charge is -2.29. The molecule has 2 unspecified atom stereocenters. The van der Waals surface area contributed by atoms with Gasteiger partial charge in [0.25, 0.3) is 0 Å². The summed E-state index contributed by atoms with van der Waals surface area (Å²) < 4.78 is 14.0. The van der Waals surface area contributed by atoms with Crippen molar-refractivity contribution >= 4 is 12.4 Å². The highest BCUT2D eigenvalue weighted by Crippen LogP contribution is 2.65. The number of hydrogen-bond donors (Lipinski definition) is 4. The average molecular weight is 370 g/mol. The van der Waals surface area contributed by atoms with E-state index in [-0.39, 0.29) is 11.5 Å². The highest BCUT2D eigenvalue weighted by Gasteiger charge is 2.42. The van der Waals surface area contributed by atoms with Crippen molar-refractivity contribution in [1.82, 2.24) is 0 Å². The van der Waals surface area contributed by atoms with Crippen LogP contribution in [-0.2, 0) is 4.57 Å². The Kier molecular flexibility index (Phi) is 5.14. The van der Waals surface area contributed by atoms with Crippen LogP contribution in [0.4, 0.5) is 0 Å². The monoisotopic (exact) mass is 370 g/mol. The zero-order chi connectivity index (χ0) is 18.7. The van der Waals surface area contributed by atoms with Crippen LogP contribution in [0, 0.1) is 0 Å². The van der Waals surface area contributed by atoms with E-state index in [1.165, 1.54) is 48.5 Å². The Hall–Kier alpha value is -2.59. The molecule has 0 saturated carbocycles. The van der Waals surface area contributed by atoms with Crippen LogP contribution in [0.3, 0.4) is 0 Å². The lowest BCUT2D eigenvalue weighted by molar-refractivity contribution is 0.215. The second-order valence-corrected chi connectivity index (χ2v) is 8.89. The van der Waals surface area contributed by atoms with E-state index in [4.69, 9.17) is 0 Å². The standard InChI is InChI=1S/C20H19O5P/c21-16-10-6-14(7-11-16)19(23)26(25,18-4-2-1-3-5-18)20(24)15-8-12-17(22)13-9-15/h1-13,19-24H. The van der Waals surface area contributed by atoms with Gasteiger partial charge in [-0.25, -0.2) is 0 Å². The highest BCUT2D eigenvalue weighted by atomic mass is 31.2. The molecule has 3 aromatic carbocycles. The lowest BCUT2D eigenvalue weighted by atomic mass is 10.2. The van der Waals surface area contributed by atoms with Crippen molar-refractivity contribution in [2.24, 2.45) is 0 Å². The molecule has 134 valence electrons. The van der Waals surface area contributed by atoms with Crippen molar-refractivity contribution in [2.75, 3.05) is 0 Å². The fraction of sp³-hybridized carbons (Fsp3) is 0.100. The second-order valence-electron chi connectivity index (χ2n) is 5.98. The van der Waals surface area contributed by atoms with Crippen molar-refractivity contribution in [3.63, 3.8) is 0 Å². The summed E-state index contributed by atoms with van der Waals surface area (Å²) in [7, 11) is -3.78. The Morgan fingerprint density at radius 2 is 1.00 bits per heavy atom. The Bertz CT molecular complexity index is 852. The van der Waals surface area contributed by atoms with Crippen LogP contribution < -0.4 is 5.30 Å². The number of rotatable bonds is 5. The van der Waals surface area contributed by atoms with Crippen LogP contribution in [0.1, 0.15) is 22.8 Å². The zero-order valence-electron chi connectivity index (χ0n) is 13.8. The van der Waals surface area contributed by atoms with Gasteiger partial charge >= 0.3 is 0 Å². The van der Waals surface area contributed by atoms with Gasteiger partial charge in [0.05, 0.1) is 0 Å². The molecule has 0 aliphatic heterocycles. The summed E-state index contributed by atoms with van der Waals surface area (Å²) in [4.78, 5) is 0. The average Bonchev–Trinajstić information content (AvgIpc) is 2.68. The van der Waals surface area contributed by atoms with Gasteiger partial charge in [-0.15, -0.1) is 0 Å². The minimum absolute atomic E-state index is 0.0228. The molecule has 0 spiro atoms. The molecule has 2 atom stereocenters. The van der Waals surface area contributed by atoms with Gasteiger partial charge in [0.15, 0.2) is 7.14 Å². The molecule has 0 aromatic heterocycles. The van der Waals surface area contributed by atoms with Gasteiger partial charge < -0.3 is 25.0 Å². The largest absolute Gasteiger partial charge is 0.508 e. The van der Waals surface area contributed by atoms with Crippen molar-refractivity contribution in [2.45, 2.75) is 11.7 Å². The Labute approximate surface area is 151 Å². The molecule has 6 heteroatoms. The summed E-state index contributed by atoms with van der Waals surface area (Å²) in [6.45, 7) is 0. The van der Waals surface area contributed by atoms with Gasteiger partial charge in [-0.3, -0.25) is 0 Å². The van der Waals surface area contributed by atoms with Gasteiger partial charge in [0.2, 0.25) is 0 Å². The molecule has 0 radical (unpaired) electrons. The van der Waals surface area contributed by atoms with E-state index in [1.807, 2.05) is 0 Å². The Balaban J connectivity index is 2.12. The third-order valence-corrected chi connectivity index (χ3v) is 7.42. The van der Waals surface area contributed by atoms with Crippen LogP contribution in [0.5, 0.6) is 11.5 Å². The van der Waals surface area contributed by atoms with Crippen molar-refractivity contribution in [3.8, 4) is 11.5 Å². The molecule has 4 N–H and O–H groups in total. The minimum atomic E-state index is -3.78. The SMILES string of the molecule is O=P(c1ccccc1)(C(O)c1ccc(O)cc1)C(O)c1ccc(O)cc1. The molecule has 5 nitrogen and oxygen atoms in total. The van der Waals surface area contributed by atoms with E-state index < -0.39 is 18.8 Å². The van der Waals surface area contributed by atoms with E-state index in [0.717, 1.165) is 0 Å².